The lowest BCUT2D eigenvalue weighted by Gasteiger charge is -2.21. The Balaban J connectivity index is 4.55. The Hall–Kier alpha value is -4.83. The fraction of sp³-hybridized carbons (Fsp3) is 0.707. The maximum Gasteiger partial charge on any atom is 0.472 e. The summed E-state index contributed by atoms with van der Waals surface area (Å²) in [6, 6.07) is 0. The number of ether oxygens (including phenoxy) is 3. The highest BCUT2D eigenvalue weighted by molar-refractivity contribution is 7.47. The van der Waals surface area contributed by atoms with E-state index in [0.29, 0.717) is 19.3 Å². The van der Waals surface area contributed by atoms with E-state index in [1.54, 1.807) is 0 Å². The first-order chi connectivity index (χ1) is 57.2. The number of rotatable bonds is 88. The van der Waals surface area contributed by atoms with Crippen LogP contribution in [-0.2, 0) is 55.8 Å². The molecule has 0 bridgehead atoms. The van der Waals surface area contributed by atoms with Gasteiger partial charge in [-0.1, -0.05) is 384 Å². The summed E-state index contributed by atoms with van der Waals surface area (Å²) >= 11 is 0. The molecule has 0 fully saturated rings. The first-order valence-corrected chi connectivity index (χ1v) is 49.8. The van der Waals surface area contributed by atoms with E-state index in [9.17, 15) is 43.5 Å². The molecule has 0 heterocycles. The molecule has 672 valence electrons. The number of unbranched alkanes of at least 4 members (excludes halogenated alkanes) is 39. The number of phosphoric acid groups is 2. The van der Waals surface area contributed by atoms with E-state index < -0.39 is 91.5 Å². The lowest BCUT2D eigenvalue weighted by molar-refractivity contribution is -0.161. The zero-order valence-electron chi connectivity index (χ0n) is 74.1. The summed E-state index contributed by atoms with van der Waals surface area (Å²) in [6.07, 6.45) is 116. The molecule has 0 saturated carbocycles. The number of hydrogen-bond acceptors (Lipinski definition) is 14. The summed E-state index contributed by atoms with van der Waals surface area (Å²) in [5.41, 5.74) is 0. The van der Waals surface area contributed by atoms with E-state index in [2.05, 4.69) is 179 Å². The molecular weight excluding hydrogens is 1510 g/mol. The van der Waals surface area contributed by atoms with Gasteiger partial charge in [0, 0.05) is 19.3 Å². The first kappa shape index (κ1) is 112. The number of esters is 3. The lowest BCUT2D eigenvalue weighted by Crippen LogP contribution is -2.30. The van der Waals surface area contributed by atoms with Crippen molar-refractivity contribution in [2.75, 3.05) is 39.6 Å². The predicted octanol–water partition coefficient (Wildman–Crippen LogP) is 28.9. The Labute approximate surface area is 714 Å². The van der Waals surface area contributed by atoms with Crippen molar-refractivity contribution in [1.82, 2.24) is 0 Å². The average Bonchev–Trinajstić information content (AvgIpc) is 0.891. The van der Waals surface area contributed by atoms with Gasteiger partial charge in [0.1, 0.15) is 25.4 Å². The summed E-state index contributed by atoms with van der Waals surface area (Å²) in [6.45, 7) is 2.46. The molecule has 18 heteroatoms. The molecule has 0 rings (SSSR count). The molecule has 5 atom stereocenters. The Bertz CT molecular complexity index is 2760. The third kappa shape index (κ3) is 91.7. The summed E-state index contributed by atoms with van der Waals surface area (Å²) in [4.78, 5) is 59.0. The summed E-state index contributed by atoms with van der Waals surface area (Å²) in [5, 5.41) is 20.7. The fourth-order valence-electron chi connectivity index (χ4n) is 12.7. The summed E-state index contributed by atoms with van der Waals surface area (Å²) in [7, 11) is -9.81. The predicted molar refractivity (Wildman–Crippen MR) is 491 cm³/mol. The number of phosphoric ester groups is 2. The van der Waals surface area contributed by atoms with Crippen LogP contribution in [-0.4, -0.2) is 95.9 Å². The summed E-state index contributed by atoms with van der Waals surface area (Å²) < 4.78 is 61.5. The monoisotopic (exact) mass is 1680 g/mol. The van der Waals surface area contributed by atoms with E-state index in [-0.39, 0.29) is 19.3 Å². The van der Waals surface area contributed by atoms with Crippen LogP contribution >= 0.6 is 15.6 Å². The van der Waals surface area contributed by atoms with Crippen molar-refractivity contribution in [1.29, 1.82) is 0 Å². The van der Waals surface area contributed by atoms with Crippen molar-refractivity contribution >= 4 is 33.6 Å². The Morgan fingerprint density at radius 3 is 0.718 bits per heavy atom. The quantitative estimate of drug-likeness (QED) is 0.0146. The minimum absolute atomic E-state index is 0.0861. The smallest absolute Gasteiger partial charge is 0.463 e. The van der Waals surface area contributed by atoms with Crippen molar-refractivity contribution in [2.24, 2.45) is 0 Å². The van der Waals surface area contributed by atoms with E-state index >= 15 is 0 Å². The molecule has 0 aliphatic rings. The van der Waals surface area contributed by atoms with Crippen LogP contribution in [0, 0.1) is 0 Å². The van der Waals surface area contributed by atoms with Crippen LogP contribution < -0.4 is 0 Å². The third-order valence-electron chi connectivity index (χ3n) is 19.7. The number of carbonyl (C=O) groups is 3. The number of aliphatic hydroxyl groups is 2. The van der Waals surface area contributed by atoms with Crippen LogP contribution in [0.1, 0.15) is 393 Å². The van der Waals surface area contributed by atoms with Crippen LogP contribution in [0.2, 0.25) is 0 Å². The van der Waals surface area contributed by atoms with Gasteiger partial charge in [-0.15, -0.1) is 0 Å². The standard InChI is InChI=1S/C99H170O16P2/c1-4-7-10-13-16-19-22-25-28-31-34-36-38-40-42-44-46-48-50-52-54-56-59-61-64-67-70-73-76-79-82-85-97(102)109-88-94(100)89-111-116(105,106)112-90-95(101)91-113-117(107,108)114-93-96(115-99(104)87-84-81-78-75-72-69-66-63-58-33-30-27-24-21-18-15-12-9-6-3)92-110-98(103)86-83-80-77-74-71-68-65-62-60-57-55-53-51-49-47-45-43-41-39-37-35-32-29-26-23-20-17-14-11-8-5-2/h7,9-10,12,16-21,25-30,34-37,40-43,58,63,94-96,100-101H,4-6,8,11,13-15,22-24,31-33,38-39,44-57,59-62,64-93H2,1-3H3,(H,105,106)(H,107,108)/b10-7-,12-9-,19-16-,20-17-,21-18-,28-25-,29-26-,30-27-,36-34-,37-35-,42-40-,43-41-,63-58-. The van der Waals surface area contributed by atoms with Gasteiger partial charge in [-0.2, -0.15) is 0 Å². The van der Waals surface area contributed by atoms with Gasteiger partial charge in [-0.25, -0.2) is 9.13 Å². The third-order valence-corrected chi connectivity index (χ3v) is 21.6. The topological polar surface area (TPSA) is 231 Å². The molecule has 0 radical (unpaired) electrons. The molecule has 0 aliphatic heterocycles. The van der Waals surface area contributed by atoms with Gasteiger partial charge in [0.2, 0.25) is 0 Å². The van der Waals surface area contributed by atoms with Gasteiger partial charge >= 0.3 is 33.6 Å². The van der Waals surface area contributed by atoms with Crippen molar-refractivity contribution in [3.8, 4) is 0 Å². The highest BCUT2D eigenvalue weighted by atomic mass is 31.2. The van der Waals surface area contributed by atoms with Gasteiger partial charge < -0.3 is 34.2 Å². The van der Waals surface area contributed by atoms with Gasteiger partial charge in [-0.3, -0.25) is 32.5 Å². The fourth-order valence-corrected chi connectivity index (χ4v) is 14.3. The second kappa shape index (κ2) is 90.4. The number of aliphatic hydroxyl groups excluding tert-OH is 2. The van der Waals surface area contributed by atoms with Crippen LogP contribution in [0.4, 0.5) is 0 Å². The van der Waals surface area contributed by atoms with Crippen LogP contribution in [0.5, 0.6) is 0 Å². The Kier molecular flexibility index (Phi) is 86.7. The second-order valence-electron chi connectivity index (χ2n) is 31.0. The maximum absolute atomic E-state index is 13.1. The minimum Gasteiger partial charge on any atom is -0.463 e. The maximum atomic E-state index is 13.1. The average molecular weight is 1680 g/mol. The molecule has 0 spiro atoms. The largest absolute Gasteiger partial charge is 0.472 e. The van der Waals surface area contributed by atoms with Crippen LogP contribution in [0.15, 0.2) is 158 Å². The Morgan fingerprint density at radius 2 is 0.453 bits per heavy atom. The molecular formula is C99H170O16P2. The zero-order chi connectivity index (χ0) is 85.1. The normalized spacial score (nSPS) is 14.5. The van der Waals surface area contributed by atoms with Gasteiger partial charge in [0.25, 0.3) is 0 Å². The Morgan fingerprint density at radius 1 is 0.248 bits per heavy atom. The number of hydrogen-bond donors (Lipinski definition) is 4. The molecule has 0 aromatic rings. The van der Waals surface area contributed by atoms with Crippen LogP contribution in [0.25, 0.3) is 0 Å². The molecule has 0 amide bonds. The SMILES string of the molecule is CC/C=C\C/C=C\C/C=C\C/C=C\C/C=C\CCCCCCCCCCCCCCCCCC(=O)OCC(O)COP(=O)(O)OCC(O)COP(=O)(O)OCC(COC(=O)CCCCCCCCCCCCCCCCC/C=C\C/C=C\C/C=C\C/C=C\CCCCC)OC(=O)CCCCCCCC/C=C\C/C=C\C/C=C\C/C=C\CC. The van der Waals surface area contributed by atoms with Gasteiger partial charge in [0.15, 0.2) is 6.10 Å². The molecule has 0 aromatic heterocycles. The lowest BCUT2D eigenvalue weighted by atomic mass is 10.0. The number of carbonyl (C=O) groups excluding carboxylic acids is 3. The minimum atomic E-state index is -4.95. The van der Waals surface area contributed by atoms with E-state index in [0.717, 1.165) is 154 Å². The molecule has 16 nitrogen and oxygen atoms in total. The molecule has 4 N–H and O–H groups in total. The van der Waals surface area contributed by atoms with Crippen molar-refractivity contribution < 1.29 is 75.8 Å². The first-order valence-electron chi connectivity index (χ1n) is 46.8. The molecule has 5 unspecified atom stereocenters. The van der Waals surface area contributed by atoms with Crippen molar-refractivity contribution in [3.05, 3.63) is 158 Å². The summed E-state index contributed by atoms with van der Waals surface area (Å²) in [5.74, 6) is -1.58. The van der Waals surface area contributed by atoms with Crippen molar-refractivity contribution in [2.45, 2.75) is 411 Å². The molecule has 0 aromatic carbocycles. The van der Waals surface area contributed by atoms with E-state index in [1.165, 1.54) is 180 Å². The molecule has 0 saturated heterocycles. The highest BCUT2D eigenvalue weighted by Crippen LogP contribution is 2.45. The van der Waals surface area contributed by atoms with Crippen molar-refractivity contribution in [3.63, 3.8) is 0 Å². The van der Waals surface area contributed by atoms with Gasteiger partial charge in [-0.05, 0) is 148 Å². The molecule has 117 heavy (non-hydrogen) atoms. The zero-order valence-corrected chi connectivity index (χ0v) is 75.9. The molecule has 0 aliphatic carbocycles. The van der Waals surface area contributed by atoms with Gasteiger partial charge in [0.05, 0.1) is 26.4 Å². The highest BCUT2D eigenvalue weighted by Gasteiger charge is 2.29. The van der Waals surface area contributed by atoms with E-state index in [1.807, 2.05) is 0 Å². The second-order valence-corrected chi connectivity index (χ2v) is 34.0. The van der Waals surface area contributed by atoms with Crippen LogP contribution in [0.3, 0.4) is 0 Å². The number of allylic oxidation sites excluding steroid dienone is 26. The van der Waals surface area contributed by atoms with E-state index in [4.69, 9.17) is 32.3 Å².